The second kappa shape index (κ2) is 7.94. The van der Waals surface area contributed by atoms with Crippen molar-refractivity contribution in [3.8, 4) is 11.5 Å². The van der Waals surface area contributed by atoms with Crippen molar-refractivity contribution >= 4 is 5.91 Å². The van der Waals surface area contributed by atoms with Gasteiger partial charge < -0.3 is 19.5 Å². The van der Waals surface area contributed by atoms with Gasteiger partial charge >= 0.3 is 0 Å². The van der Waals surface area contributed by atoms with Crippen molar-refractivity contribution in [1.82, 2.24) is 9.88 Å². The Morgan fingerprint density at radius 3 is 2.84 bits per heavy atom. The first-order valence-electron chi connectivity index (χ1n) is 8.02. The van der Waals surface area contributed by atoms with Gasteiger partial charge in [-0.25, -0.2) is 4.39 Å². The van der Waals surface area contributed by atoms with Crippen LogP contribution in [-0.4, -0.2) is 46.7 Å². The summed E-state index contributed by atoms with van der Waals surface area (Å²) in [6.07, 6.45) is 3.06. The zero-order chi connectivity index (χ0) is 17.6. The summed E-state index contributed by atoms with van der Waals surface area (Å²) < 4.78 is 24.6. The number of amides is 1. The first-order chi connectivity index (χ1) is 12.2. The normalized spacial score (nSPS) is 16.7. The molecule has 132 valence electrons. The summed E-state index contributed by atoms with van der Waals surface area (Å²) in [6.45, 7) is 0.816. The Hall–Kier alpha value is -2.67. The van der Waals surface area contributed by atoms with Gasteiger partial charge in [-0.1, -0.05) is 12.1 Å². The lowest BCUT2D eigenvalue weighted by Crippen LogP contribution is -2.34. The van der Waals surface area contributed by atoms with E-state index in [0.717, 1.165) is 5.56 Å². The highest BCUT2D eigenvalue weighted by atomic mass is 19.1. The van der Waals surface area contributed by atoms with E-state index < -0.39 is 5.82 Å². The van der Waals surface area contributed by atoms with Crippen molar-refractivity contribution in [2.45, 2.75) is 19.1 Å². The molecule has 0 saturated carbocycles. The van der Waals surface area contributed by atoms with E-state index in [1.54, 1.807) is 29.2 Å². The number of rotatable bonds is 6. The van der Waals surface area contributed by atoms with Gasteiger partial charge in [-0.3, -0.25) is 9.78 Å². The van der Waals surface area contributed by atoms with Crippen LogP contribution in [0.4, 0.5) is 4.39 Å². The minimum atomic E-state index is -0.463. The van der Waals surface area contributed by atoms with E-state index >= 15 is 0 Å². The molecule has 1 N–H and O–H groups in total. The highest BCUT2D eigenvalue weighted by Gasteiger charge is 2.28. The Morgan fingerprint density at radius 1 is 1.32 bits per heavy atom. The quantitative estimate of drug-likeness (QED) is 0.863. The molecule has 1 atom stereocenters. The third kappa shape index (κ3) is 4.45. The van der Waals surface area contributed by atoms with Crippen molar-refractivity contribution in [3.63, 3.8) is 0 Å². The fourth-order valence-electron chi connectivity index (χ4n) is 2.61. The number of hydrogen-bond acceptors (Lipinski definition) is 5. The lowest BCUT2D eigenvalue weighted by molar-refractivity contribution is -0.132. The largest absolute Gasteiger partial charge is 0.484 e. The number of pyridine rings is 1. The van der Waals surface area contributed by atoms with Gasteiger partial charge in [0.2, 0.25) is 0 Å². The summed E-state index contributed by atoms with van der Waals surface area (Å²) >= 11 is 0. The molecule has 2 heterocycles. The van der Waals surface area contributed by atoms with Gasteiger partial charge in [-0.2, -0.15) is 0 Å². The molecule has 1 saturated heterocycles. The Bertz CT molecular complexity index is 723. The van der Waals surface area contributed by atoms with Gasteiger partial charge in [-0.15, -0.1) is 0 Å². The zero-order valence-corrected chi connectivity index (χ0v) is 13.6. The molecule has 3 rings (SSSR count). The first kappa shape index (κ1) is 17.2. The van der Waals surface area contributed by atoms with E-state index in [9.17, 15) is 9.18 Å². The molecular weight excluding hydrogens is 327 g/mol. The van der Waals surface area contributed by atoms with Crippen LogP contribution >= 0.6 is 0 Å². The number of aliphatic hydroxyl groups is 1. The van der Waals surface area contributed by atoms with Crippen LogP contribution in [0.5, 0.6) is 11.5 Å². The lowest BCUT2D eigenvalue weighted by Gasteiger charge is -2.17. The van der Waals surface area contributed by atoms with Crippen LogP contribution < -0.4 is 9.47 Å². The van der Waals surface area contributed by atoms with Crippen LogP contribution in [0.3, 0.4) is 0 Å². The number of benzene rings is 1. The Balaban J connectivity index is 1.48. The molecular formula is C18H19FN2O4. The van der Waals surface area contributed by atoms with Crippen LogP contribution in [0, 0.1) is 5.82 Å². The number of aromatic nitrogens is 1. The molecule has 1 aromatic carbocycles. The summed E-state index contributed by atoms with van der Waals surface area (Å²) in [6, 6.07) is 8.13. The van der Waals surface area contributed by atoms with Gasteiger partial charge in [0.1, 0.15) is 11.9 Å². The smallest absolute Gasteiger partial charge is 0.260 e. The molecule has 1 fully saturated rings. The molecule has 2 aromatic rings. The number of likely N-dealkylation sites (tertiary alicyclic amines) is 1. The predicted octanol–water partition coefficient (Wildman–Crippen LogP) is 1.77. The number of nitrogens with zero attached hydrogens (tertiary/aromatic N) is 2. The van der Waals surface area contributed by atoms with Gasteiger partial charge in [0, 0.05) is 19.2 Å². The van der Waals surface area contributed by atoms with Crippen molar-refractivity contribution in [1.29, 1.82) is 0 Å². The van der Waals surface area contributed by atoms with Crippen LogP contribution in [0.15, 0.2) is 42.7 Å². The molecule has 7 heteroatoms. The highest BCUT2D eigenvalue weighted by Crippen LogP contribution is 2.20. The first-order valence-corrected chi connectivity index (χ1v) is 8.02. The molecule has 0 bridgehead atoms. The molecule has 1 aromatic heterocycles. The van der Waals surface area contributed by atoms with Gasteiger partial charge in [-0.05, 0) is 23.8 Å². The fraction of sp³-hybridized carbons (Fsp3) is 0.333. The van der Waals surface area contributed by atoms with Crippen LogP contribution in [0.1, 0.15) is 12.0 Å². The van der Waals surface area contributed by atoms with E-state index in [4.69, 9.17) is 14.6 Å². The maximum Gasteiger partial charge on any atom is 0.260 e. The average molecular weight is 346 g/mol. The maximum absolute atomic E-state index is 13.6. The Labute approximate surface area is 144 Å². The third-order valence-corrected chi connectivity index (χ3v) is 3.99. The van der Waals surface area contributed by atoms with Crippen molar-refractivity contribution in [2.24, 2.45) is 0 Å². The topological polar surface area (TPSA) is 71.9 Å². The van der Waals surface area contributed by atoms with E-state index in [0.29, 0.717) is 25.3 Å². The number of ether oxygens (including phenoxy) is 2. The number of aliphatic hydroxyl groups excluding tert-OH is 1. The van der Waals surface area contributed by atoms with Gasteiger partial charge in [0.15, 0.2) is 18.2 Å². The molecule has 0 aliphatic carbocycles. The van der Waals surface area contributed by atoms with E-state index in [1.165, 1.54) is 18.5 Å². The molecule has 1 amide bonds. The highest BCUT2D eigenvalue weighted by molar-refractivity contribution is 5.78. The second-order valence-corrected chi connectivity index (χ2v) is 5.77. The number of hydrogen-bond donors (Lipinski definition) is 1. The molecule has 1 aliphatic rings. The van der Waals surface area contributed by atoms with E-state index in [-0.39, 0.29) is 31.0 Å². The summed E-state index contributed by atoms with van der Waals surface area (Å²) in [4.78, 5) is 17.7. The van der Waals surface area contributed by atoms with Gasteiger partial charge in [0.25, 0.3) is 5.91 Å². The van der Waals surface area contributed by atoms with Crippen LogP contribution in [0.2, 0.25) is 0 Å². The SMILES string of the molecule is O=C(COc1ccc(CO)cc1)N1CCC(Oc2cnccc2F)C1. The van der Waals surface area contributed by atoms with Crippen molar-refractivity contribution in [2.75, 3.05) is 19.7 Å². The van der Waals surface area contributed by atoms with Crippen molar-refractivity contribution < 1.29 is 23.8 Å². The zero-order valence-electron chi connectivity index (χ0n) is 13.6. The molecule has 6 nitrogen and oxygen atoms in total. The Kier molecular flexibility index (Phi) is 5.45. The predicted molar refractivity (Wildman–Crippen MR) is 87.7 cm³/mol. The van der Waals surface area contributed by atoms with E-state index in [2.05, 4.69) is 4.98 Å². The molecule has 0 radical (unpaired) electrons. The summed E-state index contributed by atoms with van der Waals surface area (Å²) in [7, 11) is 0. The maximum atomic E-state index is 13.6. The third-order valence-electron chi connectivity index (χ3n) is 3.99. The summed E-state index contributed by atoms with van der Waals surface area (Å²) in [5.74, 6) is 0.0513. The number of halogens is 1. The van der Waals surface area contributed by atoms with Gasteiger partial charge in [0.05, 0.1) is 19.3 Å². The summed E-state index contributed by atoms with van der Waals surface area (Å²) in [5.41, 5.74) is 0.779. The minimum Gasteiger partial charge on any atom is -0.484 e. The summed E-state index contributed by atoms with van der Waals surface area (Å²) in [5, 5.41) is 9.00. The molecule has 25 heavy (non-hydrogen) atoms. The van der Waals surface area contributed by atoms with Crippen LogP contribution in [0.25, 0.3) is 0 Å². The van der Waals surface area contributed by atoms with E-state index in [1.807, 2.05) is 0 Å². The Morgan fingerprint density at radius 2 is 2.12 bits per heavy atom. The second-order valence-electron chi connectivity index (χ2n) is 5.77. The lowest BCUT2D eigenvalue weighted by atomic mass is 10.2. The monoisotopic (exact) mass is 346 g/mol. The molecule has 1 aliphatic heterocycles. The molecule has 1 unspecified atom stereocenters. The van der Waals surface area contributed by atoms with Crippen molar-refractivity contribution in [3.05, 3.63) is 54.1 Å². The fourth-order valence-corrected chi connectivity index (χ4v) is 2.61. The average Bonchev–Trinajstić information content (AvgIpc) is 3.11. The number of carbonyl (C=O) groups is 1. The standard InChI is InChI=1S/C18H19FN2O4/c19-16-5-7-20-9-17(16)25-15-6-8-21(10-15)18(23)12-24-14-3-1-13(11-22)2-4-14/h1-5,7,9,15,22H,6,8,10-12H2. The van der Waals surface area contributed by atoms with Crippen LogP contribution in [-0.2, 0) is 11.4 Å². The number of carbonyl (C=O) groups excluding carboxylic acids is 1. The minimum absolute atomic E-state index is 0.0358. The molecule has 0 spiro atoms.